The zero-order valence-electron chi connectivity index (χ0n) is 7.61. The first-order chi connectivity index (χ1) is 7.27. The number of pyridine rings is 1. The summed E-state index contributed by atoms with van der Waals surface area (Å²) < 4.78 is 4.81. The number of furan rings is 1. The Morgan fingerprint density at radius 2 is 2.33 bits per heavy atom. The summed E-state index contributed by atoms with van der Waals surface area (Å²) in [5.74, 6) is -0.318. The van der Waals surface area contributed by atoms with E-state index >= 15 is 0 Å². The molecule has 0 unspecified atom stereocenters. The van der Waals surface area contributed by atoms with Crippen molar-refractivity contribution in [3.05, 3.63) is 47.6 Å². The van der Waals surface area contributed by atoms with Crippen LogP contribution in [-0.2, 0) is 0 Å². The van der Waals surface area contributed by atoms with E-state index in [1.807, 2.05) is 0 Å². The van der Waals surface area contributed by atoms with Gasteiger partial charge in [-0.25, -0.2) is 0 Å². The Kier molecular flexibility index (Phi) is 2.69. The van der Waals surface area contributed by atoms with Gasteiger partial charge in [0.2, 0.25) is 5.22 Å². The predicted octanol–water partition coefficient (Wildman–Crippen LogP) is 2.58. The van der Waals surface area contributed by atoms with Gasteiger partial charge in [0.25, 0.3) is 5.91 Å². The number of rotatable bonds is 2. The largest absolute Gasteiger partial charge is 0.452 e. The molecule has 1 N–H and O–H groups in total. The van der Waals surface area contributed by atoms with Crippen molar-refractivity contribution < 1.29 is 9.21 Å². The van der Waals surface area contributed by atoms with Gasteiger partial charge in [0.15, 0.2) is 0 Å². The van der Waals surface area contributed by atoms with Crippen LogP contribution in [0.5, 0.6) is 0 Å². The number of hydrogen-bond donors (Lipinski definition) is 1. The van der Waals surface area contributed by atoms with Crippen LogP contribution in [-0.4, -0.2) is 10.9 Å². The molecule has 0 aromatic carbocycles. The highest BCUT2D eigenvalue weighted by Gasteiger charge is 2.12. The number of carbonyl (C=O) groups excluding carboxylic acids is 1. The minimum absolute atomic E-state index is 0.0800. The van der Waals surface area contributed by atoms with Crippen molar-refractivity contribution in [2.75, 3.05) is 5.32 Å². The summed E-state index contributed by atoms with van der Waals surface area (Å²) in [5.41, 5.74) is 0.917. The molecule has 0 bridgehead atoms. The molecular formula is C10H7ClN2O2. The van der Waals surface area contributed by atoms with E-state index in [4.69, 9.17) is 16.0 Å². The monoisotopic (exact) mass is 222 g/mol. The molecular weight excluding hydrogens is 216 g/mol. The fourth-order valence-electron chi connectivity index (χ4n) is 1.09. The second-order valence-corrected chi connectivity index (χ2v) is 3.15. The fraction of sp³-hybridized carbons (Fsp3) is 0. The molecule has 2 aromatic rings. The molecule has 2 heterocycles. The predicted molar refractivity (Wildman–Crippen MR) is 55.9 cm³/mol. The van der Waals surface area contributed by atoms with E-state index in [1.54, 1.807) is 24.5 Å². The van der Waals surface area contributed by atoms with Gasteiger partial charge >= 0.3 is 0 Å². The molecule has 0 saturated carbocycles. The normalized spacial score (nSPS) is 9.93. The Balaban J connectivity index is 2.15. The van der Waals surface area contributed by atoms with Crippen molar-refractivity contribution in [1.29, 1.82) is 0 Å². The van der Waals surface area contributed by atoms with Crippen LogP contribution in [0.3, 0.4) is 0 Å². The molecule has 76 valence electrons. The number of nitrogens with one attached hydrogen (secondary N) is 1. The average molecular weight is 223 g/mol. The third kappa shape index (κ3) is 2.16. The third-order valence-corrected chi connectivity index (χ3v) is 2.07. The first-order valence-electron chi connectivity index (χ1n) is 4.22. The topological polar surface area (TPSA) is 55.1 Å². The van der Waals surface area contributed by atoms with Crippen molar-refractivity contribution in [1.82, 2.24) is 4.98 Å². The number of halogens is 1. The van der Waals surface area contributed by atoms with Gasteiger partial charge in [-0.3, -0.25) is 9.78 Å². The van der Waals surface area contributed by atoms with Gasteiger partial charge in [-0.2, -0.15) is 0 Å². The maximum atomic E-state index is 11.6. The van der Waals surface area contributed by atoms with Gasteiger partial charge in [-0.05, 0) is 29.8 Å². The van der Waals surface area contributed by atoms with Crippen LogP contribution in [0.1, 0.15) is 10.4 Å². The van der Waals surface area contributed by atoms with E-state index in [9.17, 15) is 4.79 Å². The Bertz CT molecular complexity index is 467. The molecule has 1 amide bonds. The molecule has 0 aliphatic carbocycles. The lowest BCUT2D eigenvalue weighted by molar-refractivity contribution is 0.102. The Morgan fingerprint density at radius 3 is 2.93 bits per heavy atom. The Hall–Kier alpha value is -1.81. The first kappa shape index (κ1) is 9.73. The van der Waals surface area contributed by atoms with Crippen molar-refractivity contribution in [3.63, 3.8) is 0 Å². The molecule has 0 saturated heterocycles. The SMILES string of the molecule is O=C(Nc1cccnc1)c1ccoc1Cl. The van der Waals surface area contributed by atoms with Crippen LogP contribution in [0.25, 0.3) is 0 Å². The van der Waals surface area contributed by atoms with Crippen LogP contribution in [0, 0.1) is 0 Å². The third-order valence-electron chi connectivity index (χ3n) is 1.78. The van der Waals surface area contributed by atoms with Gasteiger partial charge in [0, 0.05) is 6.20 Å². The number of aromatic nitrogens is 1. The Morgan fingerprint density at radius 1 is 1.47 bits per heavy atom. The van der Waals surface area contributed by atoms with Crippen LogP contribution >= 0.6 is 11.6 Å². The molecule has 0 aliphatic heterocycles. The minimum Gasteiger partial charge on any atom is -0.452 e. The zero-order chi connectivity index (χ0) is 10.7. The highest BCUT2D eigenvalue weighted by atomic mass is 35.5. The van der Waals surface area contributed by atoms with Gasteiger partial charge in [0.1, 0.15) is 0 Å². The smallest absolute Gasteiger partial charge is 0.260 e. The molecule has 2 aromatic heterocycles. The van der Waals surface area contributed by atoms with Gasteiger partial charge in [-0.15, -0.1) is 0 Å². The molecule has 2 rings (SSSR count). The van der Waals surface area contributed by atoms with E-state index in [1.165, 1.54) is 12.3 Å². The standard InChI is InChI=1S/C10H7ClN2O2/c11-9-8(3-5-15-9)10(14)13-7-2-1-4-12-6-7/h1-6H,(H,13,14). The number of anilines is 1. The fourth-order valence-corrected chi connectivity index (χ4v) is 1.29. The molecule has 0 atom stereocenters. The maximum Gasteiger partial charge on any atom is 0.260 e. The summed E-state index contributed by atoms with van der Waals surface area (Å²) in [5, 5.41) is 2.72. The summed E-state index contributed by atoms with van der Waals surface area (Å²) in [4.78, 5) is 15.5. The summed E-state index contributed by atoms with van der Waals surface area (Å²) in [6.45, 7) is 0. The van der Waals surface area contributed by atoms with Crippen molar-refractivity contribution in [3.8, 4) is 0 Å². The number of nitrogens with zero attached hydrogens (tertiary/aromatic N) is 1. The zero-order valence-corrected chi connectivity index (χ0v) is 8.36. The van der Waals surface area contributed by atoms with Crippen molar-refractivity contribution in [2.45, 2.75) is 0 Å². The van der Waals surface area contributed by atoms with Crippen LogP contribution < -0.4 is 5.32 Å². The molecule has 4 nitrogen and oxygen atoms in total. The lowest BCUT2D eigenvalue weighted by Crippen LogP contribution is -2.11. The Labute approximate surface area is 90.9 Å². The lowest BCUT2D eigenvalue weighted by atomic mass is 10.3. The second-order valence-electron chi connectivity index (χ2n) is 2.80. The number of amides is 1. The van der Waals surface area contributed by atoms with Crippen molar-refractivity contribution in [2.24, 2.45) is 0 Å². The van der Waals surface area contributed by atoms with E-state index in [2.05, 4.69) is 10.3 Å². The molecule has 15 heavy (non-hydrogen) atoms. The lowest BCUT2D eigenvalue weighted by Gasteiger charge is -2.01. The van der Waals surface area contributed by atoms with Crippen LogP contribution in [0.15, 0.2) is 41.3 Å². The number of hydrogen-bond acceptors (Lipinski definition) is 3. The molecule has 0 fully saturated rings. The number of carbonyl (C=O) groups is 1. The molecule has 0 radical (unpaired) electrons. The van der Waals surface area contributed by atoms with Gasteiger partial charge < -0.3 is 9.73 Å². The summed E-state index contributed by atoms with van der Waals surface area (Å²) in [6.07, 6.45) is 4.53. The quantitative estimate of drug-likeness (QED) is 0.850. The summed E-state index contributed by atoms with van der Waals surface area (Å²) in [7, 11) is 0. The molecule has 0 spiro atoms. The first-order valence-corrected chi connectivity index (χ1v) is 4.59. The minimum atomic E-state index is -0.318. The van der Waals surface area contributed by atoms with E-state index in [-0.39, 0.29) is 11.1 Å². The maximum absolute atomic E-state index is 11.6. The average Bonchev–Trinajstić information content (AvgIpc) is 2.66. The second kappa shape index (κ2) is 4.14. The van der Waals surface area contributed by atoms with E-state index in [0.717, 1.165) is 0 Å². The summed E-state index contributed by atoms with van der Waals surface area (Å²) in [6, 6.07) is 4.97. The van der Waals surface area contributed by atoms with Crippen molar-refractivity contribution >= 4 is 23.2 Å². The highest BCUT2D eigenvalue weighted by Crippen LogP contribution is 2.17. The van der Waals surface area contributed by atoms with Gasteiger partial charge in [-0.1, -0.05) is 0 Å². The van der Waals surface area contributed by atoms with Crippen LogP contribution in [0.2, 0.25) is 5.22 Å². The highest BCUT2D eigenvalue weighted by molar-refractivity contribution is 6.32. The van der Waals surface area contributed by atoms with E-state index in [0.29, 0.717) is 11.3 Å². The van der Waals surface area contributed by atoms with Gasteiger partial charge in [0.05, 0.1) is 23.7 Å². The molecule has 5 heteroatoms. The molecule has 0 aliphatic rings. The summed E-state index contributed by atoms with van der Waals surface area (Å²) >= 11 is 5.66. The van der Waals surface area contributed by atoms with E-state index < -0.39 is 0 Å². The van der Waals surface area contributed by atoms with Crippen LogP contribution in [0.4, 0.5) is 5.69 Å².